The van der Waals surface area contributed by atoms with E-state index in [1.807, 2.05) is 19.1 Å². The maximum absolute atomic E-state index is 12.9. The van der Waals surface area contributed by atoms with Crippen LogP contribution in [0.25, 0.3) is 11.0 Å². The van der Waals surface area contributed by atoms with Crippen LogP contribution in [0.2, 0.25) is 0 Å². The largest absolute Gasteiger partial charge is 0.337 e. The fourth-order valence-corrected chi connectivity index (χ4v) is 3.48. The van der Waals surface area contributed by atoms with E-state index in [2.05, 4.69) is 20.6 Å². The van der Waals surface area contributed by atoms with E-state index in [0.29, 0.717) is 22.3 Å². The van der Waals surface area contributed by atoms with Crippen LogP contribution in [-0.4, -0.2) is 39.3 Å². The number of nitrogens with zero attached hydrogens (tertiary/aromatic N) is 2. The second-order valence-corrected chi connectivity index (χ2v) is 7.52. The number of nitrogens with one attached hydrogen (secondary N) is 3. The summed E-state index contributed by atoms with van der Waals surface area (Å²) in [6.45, 7) is 3.00. The maximum Gasteiger partial charge on any atom is 0.325 e. The number of aromatic nitrogens is 2. The molecule has 0 bridgehead atoms. The lowest BCUT2D eigenvalue weighted by Crippen LogP contribution is -2.42. The van der Waals surface area contributed by atoms with Gasteiger partial charge in [0.2, 0.25) is 5.91 Å². The van der Waals surface area contributed by atoms with Crippen LogP contribution >= 0.6 is 0 Å². The molecular formula is C21H19F2N5O3. The van der Waals surface area contributed by atoms with Crippen molar-refractivity contribution in [3.8, 4) is 0 Å². The summed E-state index contributed by atoms with van der Waals surface area (Å²) in [5, 5.41) is 5.21. The predicted octanol–water partition coefficient (Wildman–Crippen LogP) is 3.21. The summed E-state index contributed by atoms with van der Waals surface area (Å²) in [4.78, 5) is 44.9. The van der Waals surface area contributed by atoms with Gasteiger partial charge in [-0.25, -0.2) is 18.6 Å². The molecule has 1 fully saturated rings. The van der Waals surface area contributed by atoms with E-state index in [4.69, 9.17) is 0 Å². The van der Waals surface area contributed by atoms with Crippen molar-refractivity contribution in [3.63, 3.8) is 0 Å². The van der Waals surface area contributed by atoms with Gasteiger partial charge in [0.25, 0.3) is 12.3 Å². The molecule has 4 rings (SSSR count). The molecule has 0 spiro atoms. The number of carbonyl (C=O) groups excluding carboxylic acids is 3. The summed E-state index contributed by atoms with van der Waals surface area (Å²) in [7, 11) is 0. The number of imide groups is 1. The van der Waals surface area contributed by atoms with Crippen LogP contribution in [0, 0.1) is 6.92 Å². The molecule has 1 saturated heterocycles. The summed E-state index contributed by atoms with van der Waals surface area (Å²) >= 11 is 0. The van der Waals surface area contributed by atoms with Gasteiger partial charge in [0.1, 0.15) is 12.1 Å². The van der Waals surface area contributed by atoms with Crippen LogP contribution in [0.3, 0.4) is 0 Å². The molecule has 0 aliphatic carbocycles. The number of H-pyrrole nitrogens is 1. The monoisotopic (exact) mass is 427 g/mol. The Morgan fingerprint density at radius 2 is 1.90 bits per heavy atom. The number of anilines is 1. The summed E-state index contributed by atoms with van der Waals surface area (Å²) in [5.41, 5.74) is 1.32. The smallest absolute Gasteiger partial charge is 0.325 e. The predicted molar refractivity (Wildman–Crippen MR) is 108 cm³/mol. The Balaban J connectivity index is 1.48. The molecule has 160 valence electrons. The minimum atomic E-state index is -2.74. The summed E-state index contributed by atoms with van der Waals surface area (Å²) in [6, 6.07) is 10.9. The van der Waals surface area contributed by atoms with Crippen molar-refractivity contribution in [1.29, 1.82) is 0 Å². The molecule has 8 nitrogen and oxygen atoms in total. The van der Waals surface area contributed by atoms with E-state index in [0.717, 1.165) is 10.5 Å². The van der Waals surface area contributed by atoms with Crippen LogP contribution in [0.5, 0.6) is 0 Å². The third-order valence-corrected chi connectivity index (χ3v) is 5.20. The van der Waals surface area contributed by atoms with Crippen LogP contribution in [0.4, 0.5) is 19.3 Å². The lowest BCUT2D eigenvalue weighted by Gasteiger charge is -2.22. The summed E-state index contributed by atoms with van der Waals surface area (Å²) in [6.07, 6.45) is -2.74. The highest BCUT2D eigenvalue weighted by Crippen LogP contribution is 2.29. The number of halogens is 2. The normalized spacial score (nSPS) is 18.7. The van der Waals surface area contributed by atoms with Crippen LogP contribution < -0.4 is 10.6 Å². The lowest BCUT2D eigenvalue weighted by atomic mass is 9.91. The van der Waals surface area contributed by atoms with Crippen molar-refractivity contribution in [2.75, 3.05) is 11.9 Å². The van der Waals surface area contributed by atoms with Gasteiger partial charge in [0, 0.05) is 5.69 Å². The number of urea groups is 1. The Morgan fingerprint density at radius 3 is 2.58 bits per heavy atom. The van der Waals surface area contributed by atoms with Crippen molar-refractivity contribution in [2.24, 2.45) is 0 Å². The molecule has 0 saturated carbocycles. The number of carbonyl (C=O) groups is 3. The number of alkyl halides is 2. The molecule has 10 heteroatoms. The second kappa shape index (κ2) is 7.46. The van der Waals surface area contributed by atoms with Crippen molar-refractivity contribution in [3.05, 3.63) is 59.4 Å². The van der Waals surface area contributed by atoms with Crippen LogP contribution in [0.1, 0.15) is 30.3 Å². The molecule has 0 radical (unpaired) electrons. The summed E-state index contributed by atoms with van der Waals surface area (Å²) < 4.78 is 25.6. The molecule has 0 unspecified atom stereocenters. The number of aryl methyl sites for hydroxylation is 1. The first-order valence-electron chi connectivity index (χ1n) is 9.46. The van der Waals surface area contributed by atoms with Gasteiger partial charge in [0.05, 0.1) is 11.0 Å². The Bertz CT molecular complexity index is 1190. The minimum Gasteiger partial charge on any atom is -0.337 e. The number of imidazole rings is 1. The number of fused-ring (bicyclic) bond motifs is 1. The minimum absolute atomic E-state index is 0.315. The van der Waals surface area contributed by atoms with Gasteiger partial charge < -0.3 is 15.6 Å². The highest BCUT2D eigenvalue weighted by Gasteiger charge is 2.49. The summed E-state index contributed by atoms with van der Waals surface area (Å²) in [5.74, 6) is -1.61. The molecule has 1 aromatic heterocycles. The van der Waals surface area contributed by atoms with Gasteiger partial charge in [-0.1, -0.05) is 29.8 Å². The first-order valence-corrected chi connectivity index (χ1v) is 9.46. The number of hydrogen-bond donors (Lipinski definition) is 3. The van der Waals surface area contributed by atoms with Crippen molar-refractivity contribution >= 4 is 34.6 Å². The third-order valence-electron chi connectivity index (χ3n) is 5.20. The van der Waals surface area contributed by atoms with E-state index in [1.54, 1.807) is 19.1 Å². The fourth-order valence-electron chi connectivity index (χ4n) is 3.48. The molecule has 1 aliphatic rings. The first-order chi connectivity index (χ1) is 14.7. The topological polar surface area (TPSA) is 107 Å². The van der Waals surface area contributed by atoms with Crippen molar-refractivity contribution in [2.45, 2.75) is 25.8 Å². The second-order valence-electron chi connectivity index (χ2n) is 7.52. The number of amides is 4. The molecule has 2 heterocycles. The number of aromatic amines is 1. The zero-order valence-corrected chi connectivity index (χ0v) is 16.7. The SMILES string of the molecule is Cc1ccc([C@]2(C)NC(=O)N(CC(=O)Nc3ccc4nc(C(F)F)[nH]c4c3)C2=O)cc1. The van der Waals surface area contributed by atoms with E-state index in [-0.39, 0.29) is 0 Å². The van der Waals surface area contributed by atoms with Gasteiger partial charge >= 0.3 is 6.03 Å². The molecule has 31 heavy (non-hydrogen) atoms. The molecule has 1 aliphatic heterocycles. The van der Waals surface area contributed by atoms with Gasteiger partial charge in [-0.15, -0.1) is 0 Å². The lowest BCUT2D eigenvalue weighted by molar-refractivity contribution is -0.133. The van der Waals surface area contributed by atoms with Gasteiger partial charge in [-0.2, -0.15) is 0 Å². The van der Waals surface area contributed by atoms with Crippen molar-refractivity contribution < 1.29 is 23.2 Å². The number of hydrogen-bond acceptors (Lipinski definition) is 4. The van der Waals surface area contributed by atoms with E-state index < -0.39 is 42.2 Å². The Kier molecular flexibility index (Phi) is 4.92. The quantitative estimate of drug-likeness (QED) is 0.544. The van der Waals surface area contributed by atoms with E-state index in [1.165, 1.54) is 18.2 Å². The fraction of sp³-hybridized carbons (Fsp3) is 0.238. The van der Waals surface area contributed by atoms with Gasteiger partial charge in [-0.05, 0) is 37.6 Å². The maximum atomic E-state index is 12.9. The number of benzene rings is 2. The van der Waals surface area contributed by atoms with E-state index in [9.17, 15) is 23.2 Å². The third kappa shape index (κ3) is 3.72. The molecule has 3 aromatic rings. The molecule has 4 amide bonds. The molecule has 1 atom stereocenters. The Hall–Kier alpha value is -3.82. The highest BCUT2D eigenvalue weighted by molar-refractivity contribution is 6.10. The zero-order valence-electron chi connectivity index (χ0n) is 16.7. The average molecular weight is 427 g/mol. The van der Waals surface area contributed by atoms with Gasteiger partial charge in [-0.3, -0.25) is 14.5 Å². The molecule has 3 N–H and O–H groups in total. The van der Waals surface area contributed by atoms with Crippen LogP contribution in [-0.2, 0) is 15.1 Å². The van der Waals surface area contributed by atoms with Crippen LogP contribution in [0.15, 0.2) is 42.5 Å². The molecule has 2 aromatic carbocycles. The highest BCUT2D eigenvalue weighted by atomic mass is 19.3. The number of rotatable bonds is 5. The molecular weight excluding hydrogens is 408 g/mol. The standard InChI is InChI=1S/C21H19F2N5O3/c1-11-3-5-12(6-4-11)21(2)19(30)28(20(31)27-21)10-16(29)24-13-7-8-14-15(9-13)26-18(25-14)17(22)23/h3-9,17H,10H2,1-2H3,(H,24,29)(H,25,26)(H,27,31)/t21-/m0/s1. The van der Waals surface area contributed by atoms with E-state index >= 15 is 0 Å². The van der Waals surface area contributed by atoms with Gasteiger partial charge in [0.15, 0.2) is 5.82 Å². The van der Waals surface area contributed by atoms with Crippen molar-refractivity contribution in [1.82, 2.24) is 20.2 Å². The Morgan fingerprint density at radius 1 is 1.19 bits per heavy atom. The Labute approximate surface area is 175 Å². The first kappa shape index (κ1) is 20.5. The average Bonchev–Trinajstić information content (AvgIpc) is 3.23. The zero-order chi connectivity index (χ0) is 22.3.